The highest BCUT2D eigenvalue weighted by Gasteiger charge is 2.33. The zero-order valence-corrected chi connectivity index (χ0v) is 30.8. The molecule has 1 N–H and O–H groups in total. The number of alkyl halides is 3. The molecule has 0 fully saturated rings. The van der Waals surface area contributed by atoms with Gasteiger partial charge in [0.05, 0.1) is 28.1 Å². The Morgan fingerprint density at radius 3 is 1.76 bits per heavy atom. The first kappa shape index (κ1) is 39.0. The van der Waals surface area contributed by atoms with Gasteiger partial charge >= 0.3 is 6.18 Å². The fourth-order valence-electron chi connectivity index (χ4n) is 4.66. The first-order valence-corrected chi connectivity index (χ1v) is 17.9. The predicted molar refractivity (Wildman–Crippen MR) is 196 cm³/mol. The monoisotopic (exact) mass is 780 g/mol. The lowest BCUT2D eigenvalue weighted by Gasteiger charge is -2.11. The van der Waals surface area contributed by atoms with E-state index in [9.17, 15) is 18.0 Å². The summed E-state index contributed by atoms with van der Waals surface area (Å²) >= 11 is 15.5. The molecule has 15 heteroatoms. The lowest BCUT2D eigenvalue weighted by Crippen LogP contribution is -2.09. The number of aromatic nitrogens is 3. The lowest BCUT2D eigenvalue weighted by atomic mass is 10.0. The molecule has 258 valence electrons. The number of hydrogen-bond acceptors (Lipinski definition) is 9. The molecule has 6 aromatic rings. The van der Waals surface area contributed by atoms with Crippen LogP contribution in [0.5, 0.6) is 0 Å². The number of aryl methyl sites for hydroxylation is 2. The van der Waals surface area contributed by atoms with Crippen LogP contribution in [0.2, 0.25) is 10.0 Å². The first-order chi connectivity index (χ1) is 24.4. The topological polar surface area (TPSA) is 130 Å². The lowest BCUT2D eigenvalue weighted by molar-refractivity contribution is -0.138. The molecule has 3 aromatic carbocycles. The molecule has 6 rings (SSSR count). The van der Waals surface area contributed by atoms with E-state index in [0.717, 1.165) is 55.6 Å². The van der Waals surface area contributed by atoms with Crippen LogP contribution in [0.1, 0.15) is 65.0 Å². The van der Waals surface area contributed by atoms with Gasteiger partial charge in [0.25, 0.3) is 5.56 Å². The van der Waals surface area contributed by atoms with Crippen LogP contribution in [0.3, 0.4) is 0 Å². The predicted octanol–water partition coefficient (Wildman–Crippen LogP) is 10.1. The van der Waals surface area contributed by atoms with Gasteiger partial charge in [-0.2, -0.15) is 37.7 Å². The second kappa shape index (κ2) is 17.9. The van der Waals surface area contributed by atoms with Crippen LogP contribution in [-0.2, 0) is 25.4 Å². The van der Waals surface area contributed by atoms with Crippen molar-refractivity contribution in [3.05, 3.63) is 158 Å². The Bertz CT molecular complexity index is 2310. The van der Waals surface area contributed by atoms with E-state index in [4.69, 9.17) is 39.0 Å². The molecule has 0 saturated carbocycles. The van der Waals surface area contributed by atoms with Gasteiger partial charge in [-0.1, -0.05) is 83.3 Å². The van der Waals surface area contributed by atoms with Gasteiger partial charge in [-0.25, -0.2) is 0 Å². The number of H-pyrrole nitrogens is 1. The van der Waals surface area contributed by atoms with Crippen LogP contribution < -0.4 is 5.56 Å². The van der Waals surface area contributed by atoms with Gasteiger partial charge in [0, 0.05) is 43.9 Å². The maximum absolute atomic E-state index is 12.9. The van der Waals surface area contributed by atoms with Gasteiger partial charge in [-0.3, -0.25) is 9.17 Å². The summed E-state index contributed by atoms with van der Waals surface area (Å²) in [5, 5.41) is 28.2. The molecule has 0 radical (unpaired) electrons. The highest BCUT2D eigenvalue weighted by molar-refractivity contribution is 7.06. The number of hydrogen-bond donors (Lipinski definition) is 1. The Balaban J connectivity index is 0.000000172. The molecule has 0 unspecified atom stereocenters. The number of halogens is 5. The largest absolute Gasteiger partial charge is 0.416 e. The molecule has 3 heterocycles. The van der Waals surface area contributed by atoms with Gasteiger partial charge in [0.15, 0.2) is 0 Å². The number of benzene rings is 3. The van der Waals surface area contributed by atoms with Crippen molar-refractivity contribution in [1.82, 2.24) is 13.1 Å². The van der Waals surface area contributed by atoms with Crippen LogP contribution >= 0.6 is 57.8 Å². The van der Waals surface area contributed by atoms with E-state index in [1.54, 1.807) is 19.1 Å². The molecule has 51 heavy (non-hydrogen) atoms. The second-order valence-corrected chi connectivity index (χ2v) is 14.2. The summed E-state index contributed by atoms with van der Waals surface area (Å²) in [6.07, 6.45) is -3.06. The minimum absolute atomic E-state index is 0.0735. The van der Waals surface area contributed by atoms with Crippen molar-refractivity contribution in [3.8, 4) is 18.2 Å². The molecular formula is C36H25Cl2F3N6OS3. The summed E-state index contributed by atoms with van der Waals surface area (Å²) in [5.41, 5.74) is 3.88. The summed E-state index contributed by atoms with van der Waals surface area (Å²) in [6, 6.07) is 26.5. The SMILES string of the molecule is Cc1nsc(Cc2ccc(Cl)cc2)c1C#N.Cc1nsc(Cc2ccccc2C(F)(F)F)c1C#N.N#Cc1c(Cc2ccccc2Cl)s[nH]c1=O. The average molecular weight is 782 g/mol. The third-order valence-corrected chi connectivity index (χ3v) is 10.6. The maximum atomic E-state index is 12.9. The van der Waals surface area contributed by atoms with Gasteiger partial charge in [0.2, 0.25) is 0 Å². The molecule has 0 aliphatic heterocycles. The number of nitriles is 3. The normalized spacial score (nSPS) is 10.5. The molecule has 3 aromatic heterocycles. The third-order valence-electron chi connectivity index (χ3n) is 7.24. The molecular weight excluding hydrogens is 757 g/mol. The van der Waals surface area contributed by atoms with E-state index < -0.39 is 11.7 Å². The van der Waals surface area contributed by atoms with Crippen LogP contribution in [0.4, 0.5) is 13.2 Å². The first-order valence-electron chi connectivity index (χ1n) is 14.8. The molecule has 0 bridgehead atoms. The van der Waals surface area contributed by atoms with Crippen molar-refractivity contribution in [1.29, 1.82) is 15.8 Å². The third kappa shape index (κ3) is 10.4. The Kier molecular flexibility index (Phi) is 13.7. The standard InChI is InChI=1S/C13H9F3N2S.C12H9ClN2S.C11H7ClN2OS/c1-8-10(7-17)12(19-18-8)6-9-4-2-3-5-11(9)13(14,15)16;1-8-11(7-14)12(16-15-8)6-9-2-4-10(13)5-3-9;12-9-4-2-1-3-7(9)5-10-8(6-13)11(15)14-16-10/h2-5H,6H2,1H3;2-5H,6H2,1H3;1-4H,5H2,(H,14,15). The van der Waals surface area contributed by atoms with Gasteiger partial charge in [-0.15, -0.1) is 0 Å². The summed E-state index contributed by atoms with van der Waals surface area (Å²) in [5.74, 6) is 0. The van der Waals surface area contributed by atoms with Crippen molar-refractivity contribution >= 4 is 57.8 Å². The zero-order chi connectivity index (χ0) is 37.1. The van der Waals surface area contributed by atoms with Crippen LogP contribution in [0.25, 0.3) is 0 Å². The minimum atomic E-state index is -4.39. The zero-order valence-electron chi connectivity index (χ0n) is 26.8. The van der Waals surface area contributed by atoms with Gasteiger partial charge < -0.3 is 0 Å². The summed E-state index contributed by atoms with van der Waals surface area (Å²) in [4.78, 5) is 13.6. The molecule has 0 atom stereocenters. The second-order valence-electron chi connectivity index (χ2n) is 10.7. The molecule has 0 aliphatic carbocycles. The van der Waals surface area contributed by atoms with Gasteiger partial charge in [-0.05, 0) is 77.9 Å². The fourth-order valence-corrected chi connectivity index (χ4v) is 7.47. The molecule has 7 nitrogen and oxygen atoms in total. The Morgan fingerprint density at radius 1 is 0.706 bits per heavy atom. The number of nitrogens with zero attached hydrogens (tertiary/aromatic N) is 5. The van der Waals surface area contributed by atoms with Crippen molar-refractivity contribution in [2.24, 2.45) is 0 Å². The van der Waals surface area contributed by atoms with Crippen molar-refractivity contribution in [3.63, 3.8) is 0 Å². The van der Waals surface area contributed by atoms with Gasteiger partial charge in [0.1, 0.15) is 23.8 Å². The Labute approximate surface area is 313 Å². The van der Waals surface area contributed by atoms with Crippen molar-refractivity contribution in [2.75, 3.05) is 0 Å². The van der Waals surface area contributed by atoms with E-state index in [1.165, 1.54) is 35.2 Å². The summed E-state index contributed by atoms with van der Waals surface area (Å²) in [7, 11) is 0. The molecule has 0 aliphatic rings. The fraction of sp³-hybridized carbons (Fsp3) is 0.167. The quantitative estimate of drug-likeness (QED) is 0.179. The number of nitrogens with one attached hydrogen (secondary N) is 1. The smallest absolute Gasteiger partial charge is 0.276 e. The highest BCUT2D eigenvalue weighted by atomic mass is 35.5. The summed E-state index contributed by atoms with van der Waals surface area (Å²) in [6.45, 7) is 3.54. The number of rotatable bonds is 6. The Morgan fingerprint density at radius 2 is 1.22 bits per heavy atom. The van der Waals surface area contributed by atoms with Crippen LogP contribution in [0, 0.1) is 47.8 Å². The molecule has 0 spiro atoms. The van der Waals surface area contributed by atoms with Crippen LogP contribution in [-0.4, -0.2) is 13.1 Å². The molecule has 0 saturated heterocycles. The minimum Gasteiger partial charge on any atom is -0.276 e. The van der Waals surface area contributed by atoms with Crippen molar-refractivity contribution in [2.45, 2.75) is 39.3 Å². The van der Waals surface area contributed by atoms with E-state index in [-0.39, 0.29) is 23.1 Å². The average Bonchev–Trinajstić information content (AvgIpc) is 3.77. The number of aromatic amines is 1. The maximum Gasteiger partial charge on any atom is 0.416 e. The summed E-state index contributed by atoms with van der Waals surface area (Å²) < 4.78 is 49.3. The van der Waals surface area contributed by atoms with Crippen molar-refractivity contribution < 1.29 is 13.2 Å². The van der Waals surface area contributed by atoms with E-state index in [2.05, 4.69) is 19.2 Å². The van der Waals surface area contributed by atoms with E-state index >= 15 is 0 Å². The molecule has 0 amide bonds. The van der Waals surface area contributed by atoms with E-state index in [0.29, 0.717) is 33.1 Å². The Hall–Kier alpha value is -4.81. The highest BCUT2D eigenvalue weighted by Crippen LogP contribution is 2.34. The van der Waals surface area contributed by atoms with E-state index in [1.807, 2.05) is 61.5 Å². The van der Waals surface area contributed by atoms with Crippen LogP contribution in [0.15, 0.2) is 77.6 Å².